The van der Waals surface area contributed by atoms with Crippen LogP contribution in [-0.2, 0) is 4.79 Å². The Hall–Kier alpha value is -0.570. The maximum Gasteiger partial charge on any atom is 0.223 e. The van der Waals surface area contributed by atoms with Gasteiger partial charge in [0.25, 0.3) is 0 Å². The molecule has 4 aliphatic rings. The number of nitrogens with one attached hydrogen (secondary N) is 1. The molecule has 1 amide bonds. The topological polar surface area (TPSA) is 49.3 Å². The minimum Gasteiger partial charge on any atom is -0.396 e. The monoisotopic (exact) mass is 263 g/mol. The summed E-state index contributed by atoms with van der Waals surface area (Å²) in [7, 11) is 0. The van der Waals surface area contributed by atoms with E-state index >= 15 is 0 Å². The molecule has 0 aromatic rings. The molecule has 4 fully saturated rings. The summed E-state index contributed by atoms with van der Waals surface area (Å²) in [6.45, 7) is 0.934. The quantitative estimate of drug-likeness (QED) is 0.814. The lowest BCUT2D eigenvalue weighted by atomic mass is 9.87. The van der Waals surface area contributed by atoms with Gasteiger partial charge in [-0.15, -0.1) is 0 Å². The Kier molecular flexibility index (Phi) is 2.70. The molecule has 3 heteroatoms. The van der Waals surface area contributed by atoms with Crippen molar-refractivity contribution in [2.24, 2.45) is 35.0 Å². The average Bonchev–Trinajstić information content (AvgIpc) is 2.83. The Balaban J connectivity index is 1.33. The zero-order valence-corrected chi connectivity index (χ0v) is 11.6. The third-order valence-electron chi connectivity index (χ3n) is 6.68. The number of hydrogen-bond donors (Lipinski definition) is 2. The van der Waals surface area contributed by atoms with Crippen LogP contribution in [0.5, 0.6) is 0 Å². The second-order valence-corrected chi connectivity index (χ2v) is 7.60. The summed E-state index contributed by atoms with van der Waals surface area (Å²) in [6.07, 6.45) is 8.70. The van der Waals surface area contributed by atoms with E-state index in [1.54, 1.807) is 0 Å². The van der Waals surface area contributed by atoms with Crippen molar-refractivity contribution in [1.82, 2.24) is 5.32 Å². The van der Waals surface area contributed by atoms with Gasteiger partial charge in [0.05, 0.1) is 6.61 Å². The van der Waals surface area contributed by atoms with Crippen molar-refractivity contribution in [1.29, 1.82) is 0 Å². The lowest BCUT2D eigenvalue weighted by molar-refractivity contribution is -0.124. The van der Waals surface area contributed by atoms with Gasteiger partial charge in [-0.25, -0.2) is 0 Å². The molecule has 0 saturated heterocycles. The fourth-order valence-corrected chi connectivity index (χ4v) is 5.58. The highest BCUT2D eigenvalue weighted by molar-refractivity contribution is 5.82. The molecule has 4 unspecified atom stereocenters. The molecule has 3 nitrogen and oxygen atoms in total. The second-order valence-electron chi connectivity index (χ2n) is 7.60. The number of amides is 1. The van der Waals surface area contributed by atoms with E-state index in [-0.39, 0.29) is 12.0 Å². The van der Waals surface area contributed by atoms with Crippen LogP contribution in [0.25, 0.3) is 0 Å². The van der Waals surface area contributed by atoms with Gasteiger partial charge in [-0.05, 0) is 55.8 Å². The normalized spacial score (nSPS) is 45.2. The molecule has 0 spiro atoms. The van der Waals surface area contributed by atoms with Crippen molar-refractivity contribution in [3.8, 4) is 0 Å². The van der Waals surface area contributed by atoms with Gasteiger partial charge in [0.2, 0.25) is 5.91 Å². The van der Waals surface area contributed by atoms with Gasteiger partial charge in [0, 0.05) is 17.9 Å². The lowest BCUT2D eigenvalue weighted by Crippen LogP contribution is -2.39. The molecule has 0 aliphatic heterocycles. The maximum absolute atomic E-state index is 12.4. The van der Waals surface area contributed by atoms with E-state index in [4.69, 9.17) is 0 Å². The van der Waals surface area contributed by atoms with Crippen molar-refractivity contribution in [3.63, 3.8) is 0 Å². The predicted molar refractivity (Wildman–Crippen MR) is 72.3 cm³/mol. The number of fused-ring (bicyclic) bond motifs is 5. The first-order valence-electron chi connectivity index (χ1n) is 8.13. The molecule has 4 rings (SSSR count). The van der Waals surface area contributed by atoms with Crippen molar-refractivity contribution >= 4 is 5.91 Å². The average molecular weight is 263 g/mol. The Labute approximate surface area is 115 Å². The number of carbonyl (C=O) groups is 1. The maximum atomic E-state index is 12.4. The van der Waals surface area contributed by atoms with Crippen LogP contribution in [0.4, 0.5) is 0 Å². The summed E-state index contributed by atoms with van der Waals surface area (Å²) >= 11 is 0. The number of aliphatic hydroxyl groups is 1. The first-order chi connectivity index (χ1) is 9.24. The van der Waals surface area contributed by atoms with Gasteiger partial charge >= 0.3 is 0 Å². The van der Waals surface area contributed by atoms with Crippen molar-refractivity contribution in [2.75, 3.05) is 13.2 Å². The van der Waals surface area contributed by atoms with Crippen molar-refractivity contribution in [3.05, 3.63) is 0 Å². The smallest absolute Gasteiger partial charge is 0.223 e. The highest BCUT2D eigenvalue weighted by atomic mass is 16.3. The molecule has 0 aromatic carbocycles. The van der Waals surface area contributed by atoms with Gasteiger partial charge in [0.15, 0.2) is 0 Å². The molecular weight excluding hydrogens is 238 g/mol. The van der Waals surface area contributed by atoms with E-state index in [1.165, 1.54) is 32.1 Å². The summed E-state index contributed by atoms with van der Waals surface area (Å²) in [5.41, 5.74) is -0.00135. The number of rotatable bonds is 4. The van der Waals surface area contributed by atoms with Crippen molar-refractivity contribution < 1.29 is 9.90 Å². The van der Waals surface area contributed by atoms with Gasteiger partial charge < -0.3 is 10.4 Å². The van der Waals surface area contributed by atoms with Crippen LogP contribution in [0.3, 0.4) is 0 Å². The van der Waals surface area contributed by atoms with E-state index in [0.29, 0.717) is 18.4 Å². The van der Waals surface area contributed by atoms with Crippen LogP contribution in [0, 0.1) is 35.0 Å². The Morgan fingerprint density at radius 1 is 1.16 bits per heavy atom. The summed E-state index contributed by atoms with van der Waals surface area (Å²) in [6, 6.07) is 0. The molecule has 2 N–H and O–H groups in total. The third kappa shape index (κ3) is 1.77. The Bertz CT molecular complexity index is 372. The summed E-state index contributed by atoms with van der Waals surface area (Å²) < 4.78 is 0. The van der Waals surface area contributed by atoms with Gasteiger partial charge in [-0.3, -0.25) is 4.79 Å². The van der Waals surface area contributed by atoms with Crippen LogP contribution in [0.1, 0.15) is 44.9 Å². The number of carbonyl (C=O) groups excluding carboxylic acids is 1. The first kappa shape index (κ1) is 12.2. The zero-order valence-electron chi connectivity index (χ0n) is 11.6. The molecule has 0 heterocycles. The summed E-state index contributed by atoms with van der Waals surface area (Å²) in [4.78, 5) is 12.4. The van der Waals surface area contributed by atoms with E-state index in [2.05, 4.69) is 5.32 Å². The standard InChI is InChI=1S/C16H25NO2/c18-9-16(5-1-2-6-16)8-17-15(19)14-12-10-3-4-11(7-10)13(12)14/h10-14,18H,1-9H2,(H,17,19). The van der Waals surface area contributed by atoms with Gasteiger partial charge in [-0.1, -0.05) is 12.8 Å². The first-order valence-corrected chi connectivity index (χ1v) is 8.13. The fraction of sp³-hybridized carbons (Fsp3) is 0.938. The lowest BCUT2D eigenvalue weighted by Gasteiger charge is -2.26. The van der Waals surface area contributed by atoms with E-state index in [1.807, 2.05) is 0 Å². The molecule has 4 saturated carbocycles. The van der Waals surface area contributed by atoms with Crippen LogP contribution >= 0.6 is 0 Å². The summed E-state index contributed by atoms with van der Waals surface area (Å²) in [5, 5.41) is 12.8. The molecule has 4 atom stereocenters. The Morgan fingerprint density at radius 2 is 1.79 bits per heavy atom. The van der Waals surface area contributed by atoms with E-state index in [9.17, 15) is 9.90 Å². The number of aliphatic hydroxyl groups excluding tert-OH is 1. The molecular formula is C16H25NO2. The molecule has 106 valence electrons. The minimum absolute atomic E-state index is 0.00135. The van der Waals surface area contributed by atoms with Crippen LogP contribution in [-0.4, -0.2) is 24.2 Å². The SMILES string of the molecule is O=C(NCC1(CO)CCCC1)C1C2C3CCC(C3)C12. The van der Waals surface area contributed by atoms with Gasteiger partial charge in [-0.2, -0.15) is 0 Å². The van der Waals surface area contributed by atoms with Crippen LogP contribution in [0.15, 0.2) is 0 Å². The molecule has 19 heavy (non-hydrogen) atoms. The third-order valence-corrected chi connectivity index (χ3v) is 6.68. The molecule has 4 aliphatic carbocycles. The highest BCUT2D eigenvalue weighted by Crippen LogP contribution is 2.69. The predicted octanol–water partition coefficient (Wildman–Crippen LogP) is 1.95. The minimum atomic E-state index is -0.00135. The second kappa shape index (κ2) is 4.21. The zero-order chi connectivity index (χ0) is 13.0. The molecule has 2 bridgehead atoms. The van der Waals surface area contributed by atoms with E-state index in [0.717, 1.165) is 36.5 Å². The molecule has 0 radical (unpaired) electrons. The van der Waals surface area contributed by atoms with E-state index < -0.39 is 0 Å². The number of hydrogen-bond acceptors (Lipinski definition) is 2. The highest BCUT2D eigenvalue weighted by Gasteiger charge is 2.67. The molecule has 0 aromatic heterocycles. The Morgan fingerprint density at radius 3 is 2.37 bits per heavy atom. The fourth-order valence-electron chi connectivity index (χ4n) is 5.58. The van der Waals surface area contributed by atoms with Crippen molar-refractivity contribution in [2.45, 2.75) is 44.9 Å². The van der Waals surface area contributed by atoms with Crippen LogP contribution < -0.4 is 5.32 Å². The largest absolute Gasteiger partial charge is 0.396 e. The van der Waals surface area contributed by atoms with Gasteiger partial charge in [0.1, 0.15) is 0 Å². The summed E-state index contributed by atoms with van der Waals surface area (Å²) in [5.74, 6) is 3.82. The van der Waals surface area contributed by atoms with Crippen LogP contribution in [0.2, 0.25) is 0 Å².